The van der Waals surface area contributed by atoms with E-state index in [1.807, 2.05) is 16.8 Å². The van der Waals surface area contributed by atoms with E-state index >= 15 is 0 Å². The monoisotopic (exact) mass is 367 g/mol. The Morgan fingerprint density at radius 2 is 2.11 bits per heavy atom. The normalized spacial score (nSPS) is 21.6. The molecule has 4 N–H and O–H groups in total. The van der Waals surface area contributed by atoms with E-state index in [-0.39, 0.29) is 6.03 Å². The fraction of sp³-hybridized carbons (Fsp3) is 0.526. The lowest BCUT2D eigenvalue weighted by atomic mass is 10.2. The molecule has 0 unspecified atom stereocenters. The Balaban J connectivity index is 1.49. The standard InChI is InChI=1S/C19H25N7O/c27-19-21-11-15(24-19)7-13-10-22-26-17(20-9-12-5-6-12)8-16(25-18(13)26)23-14-3-1-2-4-14/h7-8,10,12,14,20H,1-6,9,11H2,(H,23,25)(H2,21,24,27)/b15-7-. The number of nitrogens with one attached hydrogen (secondary N) is 4. The molecule has 0 aromatic carbocycles. The van der Waals surface area contributed by atoms with Gasteiger partial charge in [0.15, 0.2) is 5.65 Å². The molecule has 1 aliphatic heterocycles. The first-order valence-electron chi connectivity index (χ1n) is 9.89. The molecule has 3 fully saturated rings. The topological polar surface area (TPSA) is 95.4 Å². The fourth-order valence-electron chi connectivity index (χ4n) is 3.82. The molecule has 0 atom stereocenters. The lowest BCUT2D eigenvalue weighted by Crippen LogP contribution is -2.19. The molecule has 5 rings (SSSR count). The van der Waals surface area contributed by atoms with E-state index in [0.717, 1.165) is 41.0 Å². The molecule has 2 aromatic heterocycles. The van der Waals surface area contributed by atoms with Crippen molar-refractivity contribution in [3.8, 4) is 0 Å². The van der Waals surface area contributed by atoms with Crippen molar-refractivity contribution in [2.24, 2.45) is 5.92 Å². The third kappa shape index (κ3) is 3.56. The maximum Gasteiger partial charge on any atom is 0.319 e. The lowest BCUT2D eigenvalue weighted by Gasteiger charge is -2.15. The van der Waals surface area contributed by atoms with Crippen molar-refractivity contribution >= 4 is 29.4 Å². The summed E-state index contributed by atoms with van der Waals surface area (Å²) in [6.45, 7) is 1.47. The molecule has 3 aliphatic rings. The van der Waals surface area contributed by atoms with E-state index in [4.69, 9.17) is 4.98 Å². The van der Waals surface area contributed by atoms with E-state index < -0.39 is 0 Å². The highest BCUT2D eigenvalue weighted by Crippen LogP contribution is 2.30. The molecule has 2 aromatic rings. The second-order valence-electron chi connectivity index (χ2n) is 7.79. The third-order valence-corrected chi connectivity index (χ3v) is 5.52. The molecular weight excluding hydrogens is 342 g/mol. The highest BCUT2D eigenvalue weighted by atomic mass is 16.2. The van der Waals surface area contributed by atoms with E-state index in [0.29, 0.717) is 12.6 Å². The van der Waals surface area contributed by atoms with Gasteiger partial charge in [-0.3, -0.25) is 0 Å². The van der Waals surface area contributed by atoms with Gasteiger partial charge < -0.3 is 21.3 Å². The Morgan fingerprint density at radius 1 is 1.26 bits per heavy atom. The van der Waals surface area contributed by atoms with Crippen LogP contribution in [0.4, 0.5) is 16.4 Å². The Bertz CT molecular complexity index is 893. The van der Waals surface area contributed by atoms with Crippen LogP contribution in [0.25, 0.3) is 11.7 Å². The Kier molecular flexibility index (Phi) is 4.10. The molecular formula is C19H25N7O. The minimum Gasteiger partial charge on any atom is -0.370 e. The fourth-order valence-corrected chi connectivity index (χ4v) is 3.82. The first kappa shape index (κ1) is 16.4. The van der Waals surface area contributed by atoms with Gasteiger partial charge in [-0.25, -0.2) is 9.78 Å². The number of anilines is 2. The second-order valence-corrected chi connectivity index (χ2v) is 7.79. The number of carbonyl (C=O) groups excluding carboxylic acids is 1. The first-order chi connectivity index (χ1) is 13.2. The van der Waals surface area contributed by atoms with Crippen molar-refractivity contribution in [3.05, 3.63) is 23.5 Å². The van der Waals surface area contributed by atoms with Crippen LogP contribution >= 0.6 is 0 Å². The number of nitrogens with zero attached hydrogens (tertiary/aromatic N) is 3. The van der Waals surface area contributed by atoms with Gasteiger partial charge in [-0.05, 0) is 37.7 Å². The second kappa shape index (κ2) is 6.75. The SMILES string of the molecule is O=C1NC/C(=C/c2cnn3c(NCC4CC4)cc(NC4CCCC4)nc23)N1. The minimum atomic E-state index is -0.166. The zero-order valence-corrected chi connectivity index (χ0v) is 15.3. The largest absolute Gasteiger partial charge is 0.370 e. The number of aromatic nitrogens is 3. The molecule has 2 saturated carbocycles. The lowest BCUT2D eigenvalue weighted by molar-refractivity contribution is 0.249. The van der Waals surface area contributed by atoms with Gasteiger partial charge in [0.1, 0.15) is 11.6 Å². The summed E-state index contributed by atoms with van der Waals surface area (Å²) >= 11 is 0. The molecule has 0 spiro atoms. The summed E-state index contributed by atoms with van der Waals surface area (Å²) in [5.74, 6) is 2.63. The molecule has 0 radical (unpaired) electrons. The van der Waals surface area contributed by atoms with E-state index in [9.17, 15) is 4.79 Å². The van der Waals surface area contributed by atoms with Crippen LogP contribution < -0.4 is 21.3 Å². The van der Waals surface area contributed by atoms with Gasteiger partial charge in [-0.2, -0.15) is 9.61 Å². The quantitative estimate of drug-likeness (QED) is 0.629. The van der Waals surface area contributed by atoms with Crippen LogP contribution in [0.15, 0.2) is 18.0 Å². The van der Waals surface area contributed by atoms with Crippen molar-refractivity contribution in [2.75, 3.05) is 23.7 Å². The van der Waals surface area contributed by atoms with Gasteiger partial charge in [-0.1, -0.05) is 12.8 Å². The van der Waals surface area contributed by atoms with Crippen LogP contribution in [0.1, 0.15) is 44.1 Å². The van der Waals surface area contributed by atoms with Crippen molar-refractivity contribution in [3.63, 3.8) is 0 Å². The zero-order valence-electron chi connectivity index (χ0n) is 15.3. The van der Waals surface area contributed by atoms with Crippen LogP contribution in [0.5, 0.6) is 0 Å². The van der Waals surface area contributed by atoms with Gasteiger partial charge >= 0.3 is 6.03 Å². The van der Waals surface area contributed by atoms with Crippen molar-refractivity contribution in [1.82, 2.24) is 25.2 Å². The van der Waals surface area contributed by atoms with E-state index in [2.05, 4.69) is 32.4 Å². The van der Waals surface area contributed by atoms with Crippen LogP contribution in [-0.4, -0.2) is 39.8 Å². The predicted molar refractivity (Wildman–Crippen MR) is 105 cm³/mol. The summed E-state index contributed by atoms with van der Waals surface area (Å²) in [4.78, 5) is 16.2. The number of hydrogen-bond acceptors (Lipinski definition) is 5. The van der Waals surface area contributed by atoms with Crippen molar-refractivity contribution in [2.45, 2.75) is 44.6 Å². The predicted octanol–water partition coefficient (Wildman–Crippen LogP) is 2.56. The zero-order chi connectivity index (χ0) is 18.2. The molecule has 8 heteroatoms. The smallest absolute Gasteiger partial charge is 0.319 e. The summed E-state index contributed by atoms with van der Waals surface area (Å²) in [7, 11) is 0. The van der Waals surface area contributed by atoms with E-state index in [1.54, 1.807) is 0 Å². The molecule has 27 heavy (non-hydrogen) atoms. The van der Waals surface area contributed by atoms with Gasteiger partial charge in [0.05, 0.1) is 12.7 Å². The summed E-state index contributed by atoms with van der Waals surface area (Å²) in [5.41, 5.74) is 2.53. The third-order valence-electron chi connectivity index (χ3n) is 5.52. The number of rotatable bonds is 6. The molecule has 8 nitrogen and oxygen atoms in total. The maximum atomic E-state index is 11.4. The van der Waals surface area contributed by atoms with Crippen LogP contribution in [0.3, 0.4) is 0 Å². The Morgan fingerprint density at radius 3 is 2.85 bits per heavy atom. The molecule has 3 heterocycles. The summed E-state index contributed by atoms with van der Waals surface area (Å²) < 4.78 is 1.86. The van der Waals surface area contributed by atoms with Gasteiger partial charge in [0.2, 0.25) is 0 Å². The van der Waals surface area contributed by atoms with Crippen LogP contribution in [0, 0.1) is 5.92 Å². The molecule has 2 aliphatic carbocycles. The Labute approximate surface area is 157 Å². The summed E-state index contributed by atoms with van der Waals surface area (Å²) in [6.07, 6.45) is 11.3. The molecule has 2 amide bonds. The Hall–Kier alpha value is -2.77. The minimum absolute atomic E-state index is 0.166. The first-order valence-corrected chi connectivity index (χ1v) is 9.89. The van der Waals surface area contributed by atoms with Gasteiger partial charge in [-0.15, -0.1) is 0 Å². The average molecular weight is 367 g/mol. The molecule has 1 saturated heterocycles. The average Bonchev–Trinajstić information content (AvgIpc) is 3.01. The maximum absolute atomic E-state index is 11.4. The molecule has 142 valence electrons. The number of fused-ring (bicyclic) bond motifs is 1. The van der Waals surface area contributed by atoms with Gasteiger partial charge in [0, 0.05) is 29.9 Å². The van der Waals surface area contributed by atoms with Crippen LogP contribution in [0.2, 0.25) is 0 Å². The number of urea groups is 1. The van der Waals surface area contributed by atoms with Crippen LogP contribution in [-0.2, 0) is 0 Å². The molecule has 0 bridgehead atoms. The number of carbonyl (C=O) groups is 1. The van der Waals surface area contributed by atoms with Gasteiger partial charge in [0.25, 0.3) is 0 Å². The highest BCUT2D eigenvalue weighted by Gasteiger charge is 2.22. The highest BCUT2D eigenvalue weighted by molar-refractivity contribution is 5.82. The summed E-state index contributed by atoms with van der Waals surface area (Å²) in [5, 5.41) is 17.2. The summed E-state index contributed by atoms with van der Waals surface area (Å²) in [6, 6.07) is 2.40. The van der Waals surface area contributed by atoms with Crippen molar-refractivity contribution in [1.29, 1.82) is 0 Å². The number of amides is 2. The number of hydrogen-bond donors (Lipinski definition) is 4. The van der Waals surface area contributed by atoms with Crippen molar-refractivity contribution < 1.29 is 4.79 Å². The van der Waals surface area contributed by atoms with E-state index in [1.165, 1.54) is 38.5 Å².